The van der Waals surface area contributed by atoms with Gasteiger partial charge >= 0.3 is 0 Å². The van der Waals surface area contributed by atoms with E-state index in [9.17, 15) is 4.79 Å². The highest BCUT2D eigenvalue weighted by Crippen LogP contribution is 2.34. The second kappa shape index (κ2) is 4.04. The van der Waals surface area contributed by atoms with Gasteiger partial charge in [-0.2, -0.15) is 0 Å². The van der Waals surface area contributed by atoms with E-state index in [1.807, 2.05) is 0 Å². The predicted octanol–water partition coefficient (Wildman–Crippen LogP) is 3.16. The highest BCUT2D eigenvalue weighted by Gasteiger charge is 2.32. The van der Waals surface area contributed by atoms with Gasteiger partial charge in [-0.1, -0.05) is 30.7 Å². The van der Waals surface area contributed by atoms with Crippen LogP contribution in [0.1, 0.15) is 36.8 Å². The summed E-state index contributed by atoms with van der Waals surface area (Å²) in [5.41, 5.74) is 2.87. The second-order valence-electron chi connectivity index (χ2n) is 5.24. The Labute approximate surface area is 96.9 Å². The van der Waals surface area contributed by atoms with Crippen LogP contribution >= 0.6 is 0 Å². The van der Waals surface area contributed by atoms with Crippen LogP contribution in [0.2, 0.25) is 0 Å². The SMILES string of the molecule is O=C(C1CCC1)C1CCc2ccccc2C1. The number of benzene rings is 1. The van der Waals surface area contributed by atoms with Crippen LogP contribution in [0.4, 0.5) is 0 Å². The van der Waals surface area contributed by atoms with Crippen LogP contribution in [0.25, 0.3) is 0 Å². The van der Waals surface area contributed by atoms with Gasteiger partial charge in [0.1, 0.15) is 5.78 Å². The van der Waals surface area contributed by atoms with Gasteiger partial charge in [-0.25, -0.2) is 0 Å². The van der Waals surface area contributed by atoms with E-state index in [0.717, 1.165) is 32.1 Å². The molecule has 0 N–H and O–H groups in total. The van der Waals surface area contributed by atoms with Gasteiger partial charge in [0.25, 0.3) is 0 Å². The third kappa shape index (κ3) is 1.68. The summed E-state index contributed by atoms with van der Waals surface area (Å²) in [4.78, 5) is 12.2. The lowest BCUT2D eigenvalue weighted by Gasteiger charge is -2.31. The number of hydrogen-bond donors (Lipinski definition) is 0. The number of carbonyl (C=O) groups excluding carboxylic acids is 1. The predicted molar refractivity (Wildman–Crippen MR) is 64.3 cm³/mol. The third-order valence-corrected chi connectivity index (χ3v) is 4.26. The zero-order valence-corrected chi connectivity index (χ0v) is 9.61. The first kappa shape index (κ1) is 10.1. The molecule has 0 saturated heterocycles. The Hall–Kier alpha value is -1.11. The lowest BCUT2D eigenvalue weighted by molar-refractivity contribution is -0.129. The third-order valence-electron chi connectivity index (χ3n) is 4.26. The van der Waals surface area contributed by atoms with Crippen LogP contribution in [0.5, 0.6) is 0 Å². The van der Waals surface area contributed by atoms with Crippen LogP contribution in [0, 0.1) is 11.8 Å². The maximum atomic E-state index is 12.2. The summed E-state index contributed by atoms with van der Waals surface area (Å²) in [7, 11) is 0. The minimum Gasteiger partial charge on any atom is -0.299 e. The molecule has 84 valence electrons. The van der Waals surface area contributed by atoms with Gasteiger partial charge in [0.15, 0.2) is 0 Å². The van der Waals surface area contributed by atoms with Crippen molar-refractivity contribution in [3.63, 3.8) is 0 Å². The molecule has 0 heterocycles. The molecule has 3 rings (SSSR count). The molecule has 1 fully saturated rings. The summed E-state index contributed by atoms with van der Waals surface area (Å²) >= 11 is 0. The van der Waals surface area contributed by atoms with Crippen molar-refractivity contribution in [2.45, 2.75) is 38.5 Å². The van der Waals surface area contributed by atoms with E-state index in [1.165, 1.54) is 17.5 Å². The summed E-state index contributed by atoms with van der Waals surface area (Å²) in [6.45, 7) is 0. The van der Waals surface area contributed by atoms with Crippen molar-refractivity contribution in [3.05, 3.63) is 35.4 Å². The minimum absolute atomic E-state index is 0.320. The fourth-order valence-electron chi connectivity index (χ4n) is 2.97. The first-order valence-corrected chi connectivity index (χ1v) is 6.45. The molecule has 1 saturated carbocycles. The summed E-state index contributed by atoms with van der Waals surface area (Å²) in [5.74, 6) is 1.29. The number of rotatable bonds is 2. The Balaban J connectivity index is 1.74. The molecule has 1 nitrogen and oxygen atoms in total. The van der Waals surface area contributed by atoms with Crippen LogP contribution in [-0.2, 0) is 17.6 Å². The maximum Gasteiger partial charge on any atom is 0.139 e. The Kier molecular flexibility index (Phi) is 2.55. The first-order chi connectivity index (χ1) is 7.84. The summed E-state index contributed by atoms with van der Waals surface area (Å²) in [6.07, 6.45) is 6.73. The molecule has 16 heavy (non-hydrogen) atoms. The molecule has 0 bridgehead atoms. The lowest BCUT2D eigenvalue weighted by atomic mass is 9.72. The minimum atomic E-state index is 0.320. The van der Waals surface area contributed by atoms with Gasteiger partial charge in [0.05, 0.1) is 0 Å². The molecule has 0 amide bonds. The van der Waals surface area contributed by atoms with Crippen molar-refractivity contribution in [2.24, 2.45) is 11.8 Å². The van der Waals surface area contributed by atoms with E-state index >= 15 is 0 Å². The number of carbonyl (C=O) groups is 1. The Bertz CT molecular complexity index is 404. The molecular weight excluding hydrogens is 196 g/mol. The fourth-order valence-corrected chi connectivity index (χ4v) is 2.97. The highest BCUT2D eigenvalue weighted by molar-refractivity contribution is 5.84. The van der Waals surface area contributed by atoms with Crippen molar-refractivity contribution < 1.29 is 4.79 Å². The zero-order chi connectivity index (χ0) is 11.0. The highest BCUT2D eigenvalue weighted by atomic mass is 16.1. The van der Waals surface area contributed by atoms with Gasteiger partial charge in [0, 0.05) is 11.8 Å². The number of ketones is 1. The Morgan fingerprint density at radius 3 is 2.44 bits per heavy atom. The molecule has 0 radical (unpaired) electrons. The van der Waals surface area contributed by atoms with Crippen LogP contribution in [0.15, 0.2) is 24.3 Å². The normalized spacial score (nSPS) is 24.6. The number of Topliss-reactive ketones (excluding diaryl/α,β-unsaturated/α-hetero) is 1. The van der Waals surface area contributed by atoms with E-state index in [0.29, 0.717) is 17.6 Å². The van der Waals surface area contributed by atoms with Crippen molar-refractivity contribution >= 4 is 5.78 Å². The summed E-state index contributed by atoms with van der Waals surface area (Å²) < 4.78 is 0. The summed E-state index contributed by atoms with van der Waals surface area (Å²) in [6, 6.07) is 8.59. The average molecular weight is 214 g/mol. The van der Waals surface area contributed by atoms with E-state index in [2.05, 4.69) is 24.3 Å². The van der Waals surface area contributed by atoms with Crippen molar-refractivity contribution in [1.82, 2.24) is 0 Å². The van der Waals surface area contributed by atoms with Crippen molar-refractivity contribution in [1.29, 1.82) is 0 Å². The topological polar surface area (TPSA) is 17.1 Å². The molecule has 1 unspecified atom stereocenters. The molecule has 2 aliphatic rings. The monoisotopic (exact) mass is 214 g/mol. The van der Waals surface area contributed by atoms with Gasteiger partial charge < -0.3 is 0 Å². The molecule has 1 heteroatoms. The first-order valence-electron chi connectivity index (χ1n) is 6.45. The van der Waals surface area contributed by atoms with E-state index < -0.39 is 0 Å². The second-order valence-corrected chi connectivity index (χ2v) is 5.24. The van der Waals surface area contributed by atoms with E-state index in [1.54, 1.807) is 0 Å². The smallest absolute Gasteiger partial charge is 0.139 e. The van der Waals surface area contributed by atoms with Gasteiger partial charge in [-0.15, -0.1) is 0 Å². The average Bonchev–Trinajstić information content (AvgIpc) is 2.26. The quantitative estimate of drug-likeness (QED) is 0.739. The zero-order valence-electron chi connectivity index (χ0n) is 9.61. The number of aryl methyl sites for hydroxylation is 1. The van der Waals surface area contributed by atoms with Crippen LogP contribution in [-0.4, -0.2) is 5.78 Å². The number of hydrogen-bond acceptors (Lipinski definition) is 1. The number of fused-ring (bicyclic) bond motifs is 1. The van der Waals surface area contributed by atoms with Gasteiger partial charge in [0.2, 0.25) is 0 Å². The standard InChI is InChI=1S/C15H18O/c16-15(12-6-3-7-12)14-9-8-11-4-1-2-5-13(11)10-14/h1-2,4-5,12,14H,3,6-10H2. The molecule has 0 aromatic heterocycles. The van der Waals surface area contributed by atoms with Crippen LogP contribution < -0.4 is 0 Å². The van der Waals surface area contributed by atoms with Gasteiger partial charge in [-0.05, 0) is 43.2 Å². The molecule has 1 atom stereocenters. The molecule has 0 spiro atoms. The molecule has 1 aromatic rings. The molecule has 0 aliphatic heterocycles. The fraction of sp³-hybridized carbons (Fsp3) is 0.533. The molecular formula is C15H18O. The Morgan fingerprint density at radius 1 is 1.00 bits per heavy atom. The van der Waals surface area contributed by atoms with Gasteiger partial charge in [-0.3, -0.25) is 4.79 Å². The lowest BCUT2D eigenvalue weighted by Crippen LogP contribution is -2.32. The maximum absolute atomic E-state index is 12.2. The van der Waals surface area contributed by atoms with E-state index in [-0.39, 0.29) is 0 Å². The molecule has 1 aromatic carbocycles. The van der Waals surface area contributed by atoms with Crippen molar-refractivity contribution in [3.8, 4) is 0 Å². The largest absolute Gasteiger partial charge is 0.299 e. The van der Waals surface area contributed by atoms with E-state index in [4.69, 9.17) is 0 Å². The van der Waals surface area contributed by atoms with Crippen LogP contribution in [0.3, 0.4) is 0 Å². The summed E-state index contributed by atoms with van der Waals surface area (Å²) in [5, 5.41) is 0. The molecule has 2 aliphatic carbocycles. The van der Waals surface area contributed by atoms with Crippen molar-refractivity contribution in [2.75, 3.05) is 0 Å². The Morgan fingerprint density at radius 2 is 1.75 bits per heavy atom.